The van der Waals surface area contributed by atoms with Crippen LogP contribution in [-0.2, 0) is 8.85 Å². The molecule has 0 rings (SSSR count). The van der Waals surface area contributed by atoms with Gasteiger partial charge in [-0.15, -0.1) is 0 Å². The van der Waals surface area contributed by atoms with Gasteiger partial charge in [0.25, 0.3) is 0 Å². The molecule has 0 aliphatic rings. The minimum atomic E-state index is -1.73. The Kier molecular flexibility index (Phi) is 6.53. The SMILES string of the molecule is CCC(N)(CCCN)[SiH](OC)OC. The quantitative estimate of drug-likeness (QED) is 0.570. The highest BCUT2D eigenvalue weighted by Crippen LogP contribution is 2.18. The number of nitrogens with two attached hydrogens (primary N) is 2. The molecule has 0 spiro atoms. The fraction of sp³-hybridized carbons (Fsp3) is 1.00. The second kappa shape index (κ2) is 6.50. The van der Waals surface area contributed by atoms with E-state index in [4.69, 9.17) is 20.3 Å². The van der Waals surface area contributed by atoms with Crippen molar-refractivity contribution >= 4 is 9.28 Å². The minimum absolute atomic E-state index is 0.275. The Labute approximate surface area is 82.4 Å². The summed E-state index contributed by atoms with van der Waals surface area (Å²) < 4.78 is 10.6. The summed E-state index contributed by atoms with van der Waals surface area (Å²) in [5.41, 5.74) is 11.7. The highest BCUT2D eigenvalue weighted by Gasteiger charge is 2.36. The smallest absolute Gasteiger partial charge is 0.341 e. The van der Waals surface area contributed by atoms with E-state index in [1.165, 1.54) is 0 Å². The predicted octanol–water partition coefficient (Wildman–Crippen LogP) is -0.115. The summed E-state index contributed by atoms with van der Waals surface area (Å²) in [6.07, 6.45) is 2.70. The summed E-state index contributed by atoms with van der Waals surface area (Å²) in [7, 11) is 1.60. The van der Waals surface area contributed by atoms with E-state index in [2.05, 4.69) is 6.92 Å². The topological polar surface area (TPSA) is 70.5 Å². The van der Waals surface area contributed by atoms with E-state index >= 15 is 0 Å². The van der Waals surface area contributed by atoms with E-state index in [0.717, 1.165) is 19.3 Å². The van der Waals surface area contributed by atoms with Crippen LogP contribution < -0.4 is 11.5 Å². The maximum atomic E-state index is 6.20. The van der Waals surface area contributed by atoms with Gasteiger partial charge < -0.3 is 20.3 Å². The van der Waals surface area contributed by atoms with Gasteiger partial charge in [0.2, 0.25) is 0 Å². The van der Waals surface area contributed by atoms with E-state index in [-0.39, 0.29) is 5.16 Å². The van der Waals surface area contributed by atoms with Crippen LogP contribution in [0.3, 0.4) is 0 Å². The summed E-state index contributed by atoms with van der Waals surface area (Å²) in [6, 6.07) is 0. The van der Waals surface area contributed by atoms with Crippen LogP contribution in [0.15, 0.2) is 0 Å². The van der Waals surface area contributed by atoms with Crippen molar-refractivity contribution in [2.24, 2.45) is 11.5 Å². The second-order valence-corrected chi connectivity index (χ2v) is 6.04. The highest BCUT2D eigenvalue weighted by atomic mass is 28.3. The fourth-order valence-electron chi connectivity index (χ4n) is 1.46. The Morgan fingerprint density at radius 2 is 1.85 bits per heavy atom. The van der Waals surface area contributed by atoms with Crippen LogP contribution >= 0.6 is 0 Å². The third-order valence-electron chi connectivity index (χ3n) is 2.40. The Morgan fingerprint density at radius 1 is 1.31 bits per heavy atom. The Morgan fingerprint density at radius 3 is 2.15 bits per heavy atom. The molecule has 80 valence electrons. The van der Waals surface area contributed by atoms with E-state index < -0.39 is 9.28 Å². The molecule has 0 bridgehead atoms. The van der Waals surface area contributed by atoms with Crippen molar-refractivity contribution in [3.05, 3.63) is 0 Å². The van der Waals surface area contributed by atoms with Gasteiger partial charge in [0.15, 0.2) is 0 Å². The lowest BCUT2D eigenvalue weighted by Crippen LogP contribution is -2.56. The standard InChI is InChI=1S/C8H22N2O2Si/c1-4-8(10,6-5-7-9)13(11-2)12-3/h13H,4-7,9-10H2,1-3H3. The molecule has 0 aromatic heterocycles. The minimum Gasteiger partial charge on any atom is -0.399 e. The van der Waals surface area contributed by atoms with Gasteiger partial charge in [-0.1, -0.05) is 6.92 Å². The van der Waals surface area contributed by atoms with Gasteiger partial charge in [0.1, 0.15) is 0 Å². The molecule has 0 aliphatic carbocycles. The summed E-state index contributed by atoms with van der Waals surface area (Å²) in [5, 5.41) is -0.275. The normalized spacial score (nSPS) is 16.2. The number of rotatable bonds is 7. The largest absolute Gasteiger partial charge is 0.399 e. The zero-order chi connectivity index (χ0) is 10.3. The highest BCUT2D eigenvalue weighted by molar-refractivity contribution is 6.48. The molecule has 13 heavy (non-hydrogen) atoms. The molecular weight excluding hydrogens is 184 g/mol. The molecule has 1 atom stereocenters. The molecule has 5 heteroatoms. The first-order chi connectivity index (χ1) is 6.14. The van der Waals surface area contributed by atoms with Crippen molar-refractivity contribution in [1.29, 1.82) is 0 Å². The van der Waals surface area contributed by atoms with Gasteiger partial charge in [-0.25, -0.2) is 0 Å². The third kappa shape index (κ3) is 3.74. The summed E-state index contributed by atoms with van der Waals surface area (Å²) in [4.78, 5) is 0. The molecule has 0 saturated carbocycles. The fourth-order valence-corrected chi connectivity index (χ4v) is 3.36. The van der Waals surface area contributed by atoms with Crippen LogP contribution in [-0.4, -0.2) is 35.2 Å². The number of hydrogen-bond donors (Lipinski definition) is 2. The first kappa shape index (κ1) is 13.1. The monoisotopic (exact) mass is 206 g/mol. The van der Waals surface area contributed by atoms with Crippen molar-refractivity contribution in [2.75, 3.05) is 20.8 Å². The van der Waals surface area contributed by atoms with Crippen LogP contribution in [0.2, 0.25) is 0 Å². The van der Waals surface area contributed by atoms with E-state index in [9.17, 15) is 0 Å². The predicted molar refractivity (Wildman–Crippen MR) is 56.7 cm³/mol. The maximum absolute atomic E-state index is 6.20. The Bertz CT molecular complexity index is 133. The maximum Gasteiger partial charge on any atom is 0.341 e. The lowest BCUT2D eigenvalue weighted by Gasteiger charge is -2.32. The third-order valence-corrected chi connectivity index (χ3v) is 4.89. The van der Waals surface area contributed by atoms with Crippen LogP contribution in [0.25, 0.3) is 0 Å². The van der Waals surface area contributed by atoms with Crippen molar-refractivity contribution in [3.63, 3.8) is 0 Å². The molecule has 1 unspecified atom stereocenters. The summed E-state index contributed by atoms with van der Waals surface area (Å²) >= 11 is 0. The van der Waals surface area contributed by atoms with Crippen molar-refractivity contribution in [2.45, 2.75) is 31.3 Å². The van der Waals surface area contributed by atoms with Crippen molar-refractivity contribution in [3.8, 4) is 0 Å². The van der Waals surface area contributed by atoms with Crippen LogP contribution in [0.5, 0.6) is 0 Å². The molecule has 0 aromatic rings. The second-order valence-electron chi connectivity index (χ2n) is 3.28. The first-order valence-electron chi connectivity index (χ1n) is 4.69. The van der Waals surface area contributed by atoms with E-state index in [0.29, 0.717) is 6.54 Å². The zero-order valence-corrected chi connectivity index (χ0v) is 10.0. The van der Waals surface area contributed by atoms with Gasteiger partial charge >= 0.3 is 9.28 Å². The van der Waals surface area contributed by atoms with Gasteiger partial charge in [-0.05, 0) is 25.8 Å². The van der Waals surface area contributed by atoms with Gasteiger partial charge in [0, 0.05) is 14.2 Å². The summed E-state index contributed by atoms with van der Waals surface area (Å²) in [6.45, 7) is 2.74. The van der Waals surface area contributed by atoms with Crippen LogP contribution in [0, 0.1) is 0 Å². The van der Waals surface area contributed by atoms with Crippen LogP contribution in [0.1, 0.15) is 26.2 Å². The first-order valence-corrected chi connectivity index (χ1v) is 6.21. The molecule has 0 aliphatic heterocycles. The van der Waals surface area contributed by atoms with E-state index in [1.807, 2.05) is 0 Å². The molecule has 0 amide bonds. The van der Waals surface area contributed by atoms with Gasteiger partial charge in [-0.2, -0.15) is 0 Å². The van der Waals surface area contributed by atoms with Gasteiger partial charge in [0.05, 0.1) is 5.16 Å². The van der Waals surface area contributed by atoms with Crippen molar-refractivity contribution < 1.29 is 8.85 Å². The molecule has 0 aromatic carbocycles. The molecule has 0 fully saturated rings. The molecule has 4 N–H and O–H groups in total. The van der Waals surface area contributed by atoms with E-state index in [1.54, 1.807) is 14.2 Å². The molecule has 0 heterocycles. The van der Waals surface area contributed by atoms with Crippen LogP contribution in [0.4, 0.5) is 0 Å². The average Bonchev–Trinajstić information content (AvgIpc) is 2.16. The number of hydrogen-bond acceptors (Lipinski definition) is 4. The average molecular weight is 206 g/mol. The van der Waals surface area contributed by atoms with Crippen molar-refractivity contribution in [1.82, 2.24) is 0 Å². The molecular formula is C8H22N2O2Si. The van der Waals surface area contributed by atoms with Gasteiger partial charge in [-0.3, -0.25) is 0 Å². The Hall–Kier alpha value is 0.0569. The molecule has 0 saturated heterocycles. The molecule has 0 radical (unpaired) electrons. The zero-order valence-electron chi connectivity index (χ0n) is 8.88. The Balaban J connectivity index is 4.21. The molecule has 4 nitrogen and oxygen atoms in total. The lowest BCUT2D eigenvalue weighted by molar-refractivity contribution is 0.233. The summed E-state index contributed by atoms with van der Waals surface area (Å²) in [5.74, 6) is 0. The lowest BCUT2D eigenvalue weighted by atomic mass is 10.1.